The molecule has 0 spiro atoms. The van der Waals surface area contributed by atoms with E-state index in [1.807, 2.05) is 0 Å². The second kappa shape index (κ2) is 4.11. The molecule has 0 aromatic rings. The number of hydrogen-bond donors (Lipinski definition) is 0. The van der Waals surface area contributed by atoms with Crippen LogP contribution in [-0.2, 0) is 11.1 Å². The van der Waals surface area contributed by atoms with Gasteiger partial charge in [0.2, 0.25) is 0 Å². The fourth-order valence-corrected chi connectivity index (χ4v) is 0. The van der Waals surface area contributed by atoms with E-state index in [-0.39, 0.29) is 7.43 Å². The molecular weight excluding hydrogens is 88.1 g/mol. The summed E-state index contributed by atoms with van der Waals surface area (Å²) in [6.45, 7) is 0. The van der Waals surface area contributed by atoms with Gasteiger partial charge in [-0.1, -0.05) is 18.5 Å². The molecule has 0 aromatic heterocycles. The smallest absolute Gasteiger partial charge is 0.00142 e. The predicted octanol–water partition coefficient (Wildman–Crippen LogP) is 0.131. The molecule has 0 fully saturated rings. The lowest BCUT2D eigenvalue weighted by Crippen LogP contribution is -1.73. The lowest BCUT2D eigenvalue weighted by molar-refractivity contribution is 0.543. The minimum Gasteiger partial charge on any atom is -0.773 e. The summed E-state index contributed by atoms with van der Waals surface area (Å²) >= 11 is -1.86. The molecule has 3 heteroatoms. The van der Waals surface area contributed by atoms with Gasteiger partial charge in [0.1, 0.15) is 0 Å². The highest BCUT2D eigenvalue weighted by Gasteiger charge is 1.41. The van der Waals surface area contributed by atoms with Crippen molar-refractivity contribution in [3.05, 3.63) is 0 Å². The molecule has 0 amide bonds. The zero-order valence-corrected chi connectivity index (χ0v) is 3.04. The van der Waals surface area contributed by atoms with Crippen molar-refractivity contribution in [1.29, 1.82) is 0 Å². The summed E-state index contributed by atoms with van der Waals surface area (Å²) in [4.78, 5) is 0. The largest absolute Gasteiger partial charge is 0.773 e. The topological polar surface area (TPSA) is 40.1 Å². The van der Waals surface area contributed by atoms with Crippen LogP contribution in [0.4, 0.5) is 0 Å². The third-order valence-electron chi connectivity index (χ3n) is 0. The van der Waals surface area contributed by atoms with Crippen LogP contribution in [0.25, 0.3) is 0 Å². The molecule has 0 bridgehead atoms. The van der Waals surface area contributed by atoms with Crippen molar-refractivity contribution in [3.63, 3.8) is 0 Å². The van der Waals surface area contributed by atoms with Gasteiger partial charge in [-0.05, 0) is 6.26 Å². The Kier molecular flexibility index (Phi) is 7.34. The summed E-state index contributed by atoms with van der Waals surface area (Å²) in [5, 5.41) is 0. The van der Waals surface area contributed by atoms with Crippen LogP contribution in [0.1, 0.15) is 7.43 Å². The van der Waals surface area contributed by atoms with Gasteiger partial charge in [-0.2, -0.15) is 0 Å². The molecule has 0 heterocycles. The second-order valence-electron chi connectivity index (χ2n) is 0.401. The maximum absolute atomic E-state index is 9.00. The Labute approximate surface area is 34.5 Å². The standard InChI is InChI=1S/CH4O2S.CH4/c1-4(2)3;/h1H3,(H,2,3);1H4/p-1. The van der Waals surface area contributed by atoms with Gasteiger partial charge >= 0.3 is 0 Å². The first-order valence-electron chi connectivity index (χ1n) is 0.742. The highest BCUT2D eigenvalue weighted by atomic mass is 32.2. The molecule has 5 heavy (non-hydrogen) atoms. The van der Waals surface area contributed by atoms with E-state index >= 15 is 0 Å². The van der Waals surface area contributed by atoms with Crippen molar-refractivity contribution >= 4 is 11.1 Å². The fourth-order valence-electron chi connectivity index (χ4n) is 0. The van der Waals surface area contributed by atoms with Crippen molar-refractivity contribution < 1.29 is 8.76 Å². The summed E-state index contributed by atoms with van der Waals surface area (Å²) in [6, 6.07) is 0. The normalized spacial score (nSPS) is 12.4. The Hall–Kier alpha value is 0.110. The van der Waals surface area contributed by atoms with Crippen molar-refractivity contribution in [2.24, 2.45) is 0 Å². The molecule has 0 radical (unpaired) electrons. The Bertz CT molecular complexity index is 30.6. The molecule has 0 N–H and O–H groups in total. The summed E-state index contributed by atoms with van der Waals surface area (Å²) in [7, 11) is 0. The Morgan fingerprint density at radius 3 is 1.80 bits per heavy atom. The summed E-state index contributed by atoms with van der Waals surface area (Å²) in [5.41, 5.74) is 0. The molecule has 1 unspecified atom stereocenters. The molecule has 0 aliphatic carbocycles. The van der Waals surface area contributed by atoms with Gasteiger partial charge in [-0.25, -0.2) is 0 Å². The molecule has 34 valence electrons. The van der Waals surface area contributed by atoms with Crippen LogP contribution < -0.4 is 0 Å². The van der Waals surface area contributed by atoms with Crippen LogP contribution in [0.2, 0.25) is 0 Å². The van der Waals surface area contributed by atoms with Crippen molar-refractivity contribution in [3.8, 4) is 0 Å². The van der Waals surface area contributed by atoms with E-state index in [1.54, 1.807) is 0 Å². The van der Waals surface area contributed by atoms with E-state index in [0.29, 0.717) is 0 Å². The SMILES string of the molecule is C.CS(=O)[O-]. The zero-order valence-electron chi connectivity index (χ0n) is 2.22. The lowest BCUT2D eigenvalue weighted by Gasteiger charge is -1.85. The van der Waals surface area contributed by atoms with E-state index in [2.05, 4.69) is 0 Å². The molecule has 1 atom stereocenters. The predicted molar refractivity (Wildman–Crippen MR) is 21.6 cm³/mol. The van der Waals surface area contributed by atoms with Crippen LogP contribution in [0.5, 0.6) is 0 Å². The maximum atomic E-state index is 9.00. The highest BCUT2D eigenvalue weighted by molar-refractivity contribution is 7.78. The Balaban J connectivity index is 0. The van der Waals surface area contributed by atoms with Crippen LogP contribution in [-0.4, -0.2) is 15.0 Å². The minimum atomic E-state index is -1.86. The number of rotatable bonds is 0. The van der Waals surface area contributed by atoms with Crippen molar-refractivity contribution in [2.45, 2.75) is 7.43 Å². The number of hydrogen-bond acceptors (Lipinski definition) is 2. The molecule has 2 nitrogen and oxygen atoms in total. The van der Waals surface area contributed by atoms with E-state index in [9.17, 15) is 0 Å². The van der Waals surface area contributed by atoms with E-state index in [1.165, 1.54) is 0 Å². The first-order valence-corrected chi connectivity index (χ1v) is 2.22. The Morgan fingerprint density at radius 2 is 1.80 bits per heavy atom. The average molecular weight is 95.1 g/mol. The highest BCUT2D eigenvalue weighted by Crippen LogP contribution is 1.45. The molecule has 0 aliphatic heterocycles. The van der Waals surface area contributed by atoms with E-state index < -0.39 is 11.1 Å². The van der Waals surface area contributed by atoms with Gasteiger partial charge in [-0.3, -0.25) is 4.21 Å². The average Bonchev–Trinajstić information content (AvgIpc) is 0.811. The van der Waals surface area contributed by atoms with Crippen molar-refractivity contribution in [2.75, 3.05) is 6.26 Å². The zero-order chi connectivity index (χ0) is 3.58. The maximum Gasteiger partial charge on any atom is -0.00142 e. The first kappa shape index (κ1) is 8.92. The molecule has 0 saturated carbocycles. The fraction of sp³-hybridized carbons (Fsp3) is 1.00. The van der Waals surface area contributed by atoms with Gasteiger partial charge in [0.15, 0.2) is 0 Å². The van der Waals surface area contributed by atoms with Crippen LogP contribution in [0.15, 0.2) is 0 Å². The lowest BCUT2D eigenvalue weighted by atomic mass is 12.0. The van der Waals surface area contributed by atoms with Crippen LogP contribution >= 0.6 is 0 Å². The van der Waals surface area contributed by atoms with Gasteiger partial charge in [0, 0.05) is 0 Å². The van der Waals surface area contributed by atoms with Crippen molar-refractivity contribution in [1.82, 2.24) is 0 Å². The molecule has 0 saturated heterocycles. The van der Waals surface area contributed by atoms with Gasteiger partial charge < -0.3 is 4.55 Å². The van der Waals surface area contributed by atoms with E-state index in [0.717, 1.165) is 6.26 Å². The molecule has 0 aromatic carbocycles. The quantitative estimate of drug-likeness (QED) is 0.401. The minimum absolute atomic E-state index is 0. The summed E-state index contributed by atoms with van der Waals surface area (Å²) < 4.78 is 18.0. The third kappa shape index (κ3) is 1510. The Morgan fingerprint density at radius 1 is 1.80 bits per heavy atom. The van der Waals surface area contributed by atoms with Gasteiger partial charge in [0.05, 0.1) is 0 Å². The summed E-state index contributed by atoms with van der Waals surface area (Å²) in [5.74, 6) is 0. The van der Waals surface area contributed by atoms with Crippen LogP contribution in [0, 0.1) is 0 Å². The molecular formula is C2H7O2S-. The first-order chi connectivity index (χ1) is 1.73. The monoisotopic (exact) mass is 95.0 g/mol. The molecule has 0 aliphatic rings. The van der Waals surface area contributed by atoms with Gasteiger partial charge in [-0.15, -0.1) is 0 Å². The molecule has 0 rings (SSSR count). The summed E-state index contributed by atoms with van der Waals surface area (Å²) in [6.07, 6.45) is 1.08. The van der Waals surface area contributed by atoms with Gasteiger partial charge in [0.25, 0.3) is 0 Å². The van der Waals surface area contributed by atoms with E-state index in [4.69, 9.17) is 8.76 Å². The second-order valence-corrected chi connectivity index (χ2v) is 1.20. The van der Waals surface area contributed by atoms with Crippen LogP contribution in [0.3, 0.4) is 0 Å². The third-order valence-corrected chi connectivity index (χ3v) is 0.